The summed E-state index contributed by atoms with van der Waals surface area (Å²) in [4.78, 5) is 16.6. The average molecular weight is 421 g/mol. The van der Waals surface area contributed by atoms with Gasteiger partial charge in [-0.15, -0.1) is 0 Å². The fourth-order valence-electron chi connectivity index (χ4n) is 4.13. The largest absolute Gasteiger partial charge is 0.383 e. The number of ether oxygens (including phenoxy) is 1. The van der Waals surface area contributed by atoms with E-state index in [9.17, 15) is 10.1 Å². The quantitative estimate of drug-likeness (QED) is 0.597. The van der Waals surface area contributed by atoms with Crippen molar-refractivity contribution in [2.24, 2.45) is 0 Å². The molecule has 2 aromatic rings. The van der Waals surface area contributed by atoms with Gasteiger partial charge in [-0.05, 0) is 17.5 Å². The molecule has 3 rings (SSSR count). The van der Waals surface area contributed by atoms with E-state index in [2.05, 4.69) is 45.5 Å². The molecule has 164 valence electrons. The van der Waals surface area contributed by atoms with Crippen LogP contribution in [0.15, 0.2) is 60.7 Å². The molecule has 0 unspecified atom stereocenters. The molecule has 6 nitrogen and oxygen atoms in total. The van der Waals surface area contributed by atoms with Gasteiger partial charge in [0.05, 0.1) is 19.2 Å². The Labute approximate surface area is 185 Å². The van der Waals surface area contributed by atoms with E-state index in [0.29, 0.717) is 19.7 Å². The summed E-state index contributed by atoms with van der Waals surface area (Å²) < 4.78 is 4.97. The van der Waals surface area contributed by atoms with Gasteiger partial charge in [-0.1, -0.05) is 60.7 Å². The van der Waals surface area contributed by atoms with Crippen LogP contribution in [0.5, 0.6) is 0 Å². The number of methoxy groups -OCH3 is 1. The third-order valence-electron chi connectivity index (χ3n) is 5.99. The van der Waals surface area contributed by atoms with Crippen LogP contribution in [-0.2, 0) is 14.9 Å². The number of piperazine rings is 1. The second-order valence-corrected chi connectivity index (χ2v) is 7.96. The summed E-state index contributed by atoms with van der Waals surface area (Å²) in [5.41, 5.74) is 1.41. The van der Waals surface area contributed by atoms with Crippen molar-refractivity contribution in [1.29, 1.82) is 5.26 Å². The third kappa shape index (κ3) is 6.14. The van der Waals surface area contributed by atoms with Crippen molar-refractivity contribution in [2.75, 3.05) is 59.5 Å². The van der Waals surface area contributed by atoms with Crippen molar-refractivity contribution < 1.29 is 9.53 Å². The zero-order valence-electron chi connectivity index (χ0n) is 18.3. The molecule has 2 aromatic carbocycles. The number of carbonyl (C=O) groups is 1. The van der Waals surface area contributed by atoms with E-state index in [1.807, 2.05) is 36.4 Å². The lowest BCUT2D eigenvalue weighted by molar-refractivity contribution is -0.122. The molecule has 1 aliphatic rings. The number of hydrogen-bond donors (Lipinski definition) is 1. The second kappa shape index (κ2) is 11.6. The Morgan fingerprint density at radius 3 is 2.06 bits per heavy atom. The van der Waals surface area contributed by atoms with Crippen molar-refractivity contribution >= 4 is 5.91 Å². The van der Waals surface area contributed by atoms with Gasteiger partial charge in [0, 0.05) is 46.4 Å². The van der Waals surface area contributed by atoms with Crippen LogP contribution in [0.4, 0.5) is 0 Å². The summed E-state index contributed by atoms with van der Waals surface area (Å²) in [7, 11) is 1.63. The first kappa shape index (κ1) is 23.0. The SMILES string of the molecule is COCCNC(=O)CN1CCN(CCC(C#N)(c2ccccc2)c2ccccc2)CC1. The first-order chi connectivity index (χ1) is 15.2. The maximum atomic E-state index is 12.0. The van der Waals surface area contributed by atoms with E-state index in [0.717, 1.165) is 50.3 Å². The van der Waals surface area contributed by atoms with Crippen LogP contribution >= 0.6 is 0 Å². The summed E-state index contributed by atoms with van der Waals surface area (Å²) in [6.07, 6.45) is 0.731. The standard InChI is InChI=1S/C25H32N4O2/c1-31-19-13-27-24(30)20-29-17-15-28(16-18-29)14-12-25(21-26,22-8-4-2-5-9-22)23-10-6-3-7-11-23/h2-11H,12-20H2,1H3,(H,27,30). The molecule has 1 aliphatic heterocycles. The minimum absolute atomic E-state index is 0.0437. The first-order valence-corrected chi connectivity index (χ1v) is 10.9. The number of benzene rings is 2. The highest BCUT2D eigenvalue weighted by Crippen LogP contribution is 2.35. The van der Waals surface area contributed by atoms with Gasteiger partial charge in [0.1, 0.15) is 5.41 Å². The minimum atomic E-state index is -0.666. The highest BCUT2D eigenvalue weighted by Gasteiger charge is 2.35. The number of nitrogens with one attached hydrogen (secondary N) is 1. The van der Waals surface area contributed by atoms with Crippen LogP contribution in [0, 0.1) is 11.3 Å². The Kier molecular flexibility index (Phi) is 8.60. The Balaban J connectivity index is 1.59. The topological polar surface area (TPSA) is 68.6 Å². The first-order valence-electron chi connectivity index (χ1n) is 10.9. The van der Waals surface area contributed by atoms with E-state index in [4.69, 9.17) is 4.74 Å². The van der Waals surface area contributed by atoms with Crippen LogP contribution in [0.2, 0.25) is 0 Å². The lowest BCUT2D eigenvalue weighted by atomic mass is 9.73. The number of hydrogen-bond acceptors (Lipinski definition) is 5. The molecule has 6 heteroatoms. The normalized spacial score (nSPS) is 15.4. The van der Waals surface area contributed by atoms with Gasteiger partial charge in [0.15, 0.2) is 0 Å². The Morgan fingerprint density at radius 2 is 1.55 bits per heavy atom. The minimum Gasteiger partial charge on any atom is -0.383 e. The van der Waals surface area contributed by atoms with E-state index < -0.39 is 5.41 Å². The predicted molar refractivity (Wildman–Crippen MR) is 122 cm³/mol. The lowest BCUT2D eigenvalue weighted by Gasteiger charge is -2.36. The molecule has 1 N–H and O–H groups in total. The molecule has 1 amide bonds. The van der Waals surface area contributed by atoms with Gasteiger partial charge in [0.25, 0.3) is 0 Å². The van der Waals surface area contributed by atoms with Gasteiger partial charge in [-0.25, -0.2) is 0 Å². The molecule has 1 fully saturated rings. The van der Waals surface area contributed by atoms with Crippen LogP contribution in [0.1, 0.15) is 17.5 Å². The van der Waals surface area contributed by atoms with E-state index >= 15 is 0 Å². The molecule has 1 heterocycles. The van der Waals surface area contributed by atoms with Gasteiger partial charge < -0.3 is 15.0 Å². The number of amides is 1. The van der Waals surface area contributed by atoms with Crippen molar-refractivity contribution in [3.63, 3.8) is 0 Å². The Bertz CT molecular complexity index is 803. The molecule has 0 aromatic heterocycles. The fraction of sp³-hybridized carbons (Fsp3) is 0.440. The molecule has 0 spiro atoms. The lowest BCUT2D eigenvalue weighted by Crippen LogP contribution is -2.50. The van der Waals surface area contributed by atoms with Gasteiger partial charge >= 0.3 is 0 Å². The highest BCUT2D eigenvalue weighted by molar-refractivity contribution is 5.78. The summed E-state index contributed by atoms with van der Waals surface area (Å²) in [5.74, 6) is 0.0437. The average Bonchev–Trinajstić information content (AvgIpc) is 2.82. The van der Waals surface area contributed by atoms with Crippen LogP contribution in [-0.4, -0.2) is 75.2 Å². The molecule has 0 atom stereocenters. The smallest absolute Gasteiger partial charge is 0.234 e. The molecular weight excluding hydrogens is 388 g/mol. The zero-order valence-corrected chi connectivity index (χ0v) is 18.3. The zero-order chi connectivity index (χ0) is 21.9. The van der Waals surface area contributed by atoms with Gasteiger partial charge in [-0.3, -0.25) is 9.69 Å². The molecule has 1 saturated heterocycles. The monoisotopic (exact) mass is 420 g/mol. The van der Waals surface area contributed by atoms with Crippen molar-refractivity contribution in [2.45, 2.75) is 11.8 Å². The maximum absolute atomic E-state index is 12.0. The summed E-state index contributed by atoms with van der Waals surface area (Å²) in [6, 6.07) is 22.8. The molecule has 31 heavy (non-hydrogen) atoms. The Morgan fingerprint density at radius 1 is 1.00 bits per heavy atom. The summed E-state index contributed by atoms with van der Waals surface area (Å²) in [5, 5.41) is 13.2. The summed E-state index contributed by atoms with van der Waals surface area (Å²) in [6.45, 7) is 5.85. The van der Waals surface area contributed by atoms with E-state index in [1.54, 1.807) is 7.11 Å². The Hall–Kier alpha value is -2.72. The van der Waals surface area contributed by atoms with Crippen LogP contribution in [0.3, 0.4) is 0 Å². The fourth-order valence-corrected chi connectivity index (χ4v) is 4.13. The van der Waals surface area contributed by atoms with Gasteiger partial charge in [0.2, 0.25) is 5.91 Å². The van der Waals surface area contributed by atoms with Crippen molar-refractivity contribution in [1.82, 2.24) is 15.1 Å². The summed E-state index contributed by atoms with van der Waals surface area (Å²) >= 11 is 0. The molecule has 0 saturated carbocycles. The van der Waals surface area contributed by atoms with Gasteiger partial charge in [-0.2, -0.15) is 5.26 Å². The second-order valence-electron chi connectivity index (χ2n) is 7.96. The van der Waals surface area contributed by atoms with E-state index in [1.165, 1.54) is 0 Å². The number of carbonyl (C=O) groups excluding carboxylic acids is 1. The molecule has 0 bridgehead atoms. The van der Waals surface area contributed by atoms with E-state index in [-0.39, 0.29) is 5.91 Å². The highest BCUT2D eigenvalue weighted by atomic mass is 16.5. The maximum Gasteiger partial charge on any atom is 0.234 e. The number of nitrogens with zero attached hydrogens (tertiary/aromatic N) is 3. The number of nitriles is 1. The molecular formula is C25H32N4O2. The van der Waals surface area contributed by atoms with Crippen molar-refractivity contribution in [3.8, 4) is 6.07 Å². The predicted octanol–water partition coefficient (Wildman–Crippen LogP) is 2.27. The number of rotatable bonds is 10. The molecule has 0 radical (unpaired) electrons. The van der Waals surface area contributed by atoms with Crippen LogP contribution in [0.25, 0.3) is 0 Å². The van der Waals surface area contributed by atoms with Crippen LogP contribution < -0.4 is 5.32 Å². The third-order valence-corrected chi connectivity index (χ3v) is 5.99. The van der Waals surface area contributed by atoms with Crippen molar-refractivity contribution in [3.05, 3.63) is 71.8 Å². The molecule has 0 aliphatic carbocycles.